The highest BCUT2D eigenvalue weighted by atomic mass is 16.6. The molecule has 0 aromatic heterocycles. The summed E-state index contributed by atoms with van der Waals surface area (Å²) in [5, 5.41) is 17.2. The van der Waals surface area contributed by atoms with Gasteiger partial charge in [0.1, 0.15) is 0 Å². The Hall–Kier alpha value is -3.55. The summed E-state index contributed by atoms with van der Waals surface area (Å²) in [6, 6.07) is 11.5. The molecule has 0 saturated heterocycles. The van der Waals surface area contributed by atoms with Crippen molar-refractivity contribution in [1.29, 1.82) is 0 Å². The SMILES string of the molecule is Cc1ccc(NC(=O)CCC(=O)NN=Cc2cccc([N+](=O)[O-])c2)cc1C. The minimum absolute atomic E-state index is 0.0189. The molecule has 0 saturated carbocycles. The van der Waals surface area contributed by atoms with Crippen molar-refractivity contribution in [3.8, 4) is 0 Å². The monoisotopic (exact) mass is 368 g/mol. The summed E-state index contributed by atoms with van der Waals surface area (Å²) in [4.78, 5) is 33.9. The number of benzene rings is 2. The van der Waals surface area contributed by atoms with Gasteiger partial charge in [0.25, 0.3) is 5.69 Å². The fourth-order valence-corrected chi connectivity index (χ4v) is 2.22. The van der Waals surface area contributed by atoms with E-state index in [4.69, 9.17) is 0 Å². The molecule has 140 valence electrons. The van der Waals surface area contributed by atoms with E-state index in [-0.39, 0.29) is 24.4 Å². The van der Waals surface area contributed by atoms with Gasteiger partial charge in [-0.15, -0.1) is 0 Å². The van der Waals surface area contributed by atoms with Gasteiger partial charge in [-0.25, -0.2) is 5.43 Å². The van der Waals surface area contributed by atoms with Gasteiger partial charge in [-0.3, -0.25) is 19.7 Å². The average Bonchev–Trinajstić information content (AvgIpc) is 2.63. The first kappa shape index (κ1) is 19.8. The van der Waals surface area contributed by atoms with E-state index in [2.05, 4.69) is 15.8 Å². The predicted molar refractivity (Wildman–Crippen MR) is 103 cm³/mol. The van der Waals surface area contributed by atoms with Gasteiger partial charge in [-0.05, 0) is 37.1 Å². The van der Waals surface area contributed by atoms with Gasteiger partial charge in [-0.2, -0.15) is 5.10 Å². The summed E-state index contributed by atoms with van der Waals surface area (Å²) < 4.78 is 0. The number of rotatable bonds is 7. The van der Waals surface area contributed by atoms with Crippen LogP contribution in [0.4, 0.5) is 11.4 Å². The molecular weight excluding hydrogens is 348 g/mol. The van der Waals surface area contributed by atoms with E-state index in [1.807, 2.05) is 32.0 Å². The maximum atomic E-state index is 11.9. The van der Waals surface area contributed by atoms with Crippen molar-refractivity contribution >= 4 is 29.4 Å². The fraction of sp³-hybridized carbons (Fsp3) is 0.211. The largest absolute Gasteiger partial charge is 0.326 e. The molecule has 27 heavy (non-hydrogen) atoms. The maximum absolute atomic E-state index is 11.9. The van der Waals surface area contributed by atoms with Crippen molar-refractivity contribution in [2.24, 2.45) is 5.10 Å². The van der Waals surface area contributed by atoms with Crippen LogP contribution in [0.1, 0.15) is 29.5 Å². The number of nitro groups is 1. The van der Waals surface area contributed by atoms with Gasteiger partial charge in [0, 0.05) is 36.2 Å². The lowest BCUT2D eigenvalue weighted by Gasteiger charge is -2.07. The summed E-state index contributed by atoms with van der Waals surface area (Å²) in [5.41, 5.74) is 5.61. The van der Waals surface area contributed by atoms with Crippen LogP contribution in [0.25, 0.3) is 0 Å². The second kappa shape index (κ2) is 9.23. The molecule has 8 nitrogen and oxygen atoms in total. The molecule has 0 heterocycles. The standard InChI is InChI=1S/C19H20N4O4/c1-13-6-7-16(10-14(13)2)21-18(24)8-9-19(25)22-20-12-15-4-3-5-17(11-15)23(26)27/h3-7,10-12H,8-9H2,1-2H3,(H,21,24)(H,22,25). The highest BCUT2D eigenvalue weighted by Gasteiger charge is 2.08. The Morgan fingerprint density at radius 3 is 2.52 bits per heavy atom. The number of nitrogens with one attached hydrogen (secondary N) is 2. The third-order valence-corrected chi connectivity index (χ3v) is 3.85. The van der Waals surface area contributed by atoms with Crippen LogP contribution in [0, 0.1) is 24.0 Å². The Morgan fingerprint density at radius 2 is 1.81 bits per heavy atom. The zero-order chi connectivity index (χ0) is 19.8. The van der Waals surface area contributed by atoms with E-state index in [1.165, 1.54) is 24.4 Å². The number of carbonyl (C=O) groups is 2. The normalized spacial score (nSPS) is 10.6. The third-order valence-electron chi connectivity index (χ3n) is 3.85. The molecule has 0 atom stereocenters. The minimum atomic E-state index is -0.510. The van der Waals surface area contributed by atoms with Crippen LogP contribution in [0.5, 0.6) is 0 Å². The van der Waals surface area contributed by atoms with Gasteiger partial charge in [0.05, 0.1) is 11.1 Å². The minimum Gasteiger partial charge on any atom is -0.326 e. The molecule has 2 aromatic rings. The van der Waals surface area contributed by atoms with Crippen LogP contribution in [-0.4, -0.2) is 23.0 Å². The zero-order valence-corrected chi connectivity index (χ0v) is 15.1. The Morgan fingerprint density at radius 1 is 1.07 bits per heavy atom. The molecule has 2 rings (SSSR count). The van der Waals surface area contributed by atoms with Crippen LogP contribution in [0.15, 0.2) is 47.6 Å². The lowest BCUT2D eigenvalue weighted by Crippen LogP contribution is -2.20. The van der Waals surface area contributed by atoms with Crippen LogP contribution in [-0.2, 0) is 9.59 Å². The molecule has 0 unspecified atom stereocenters. The van der Waals surface area contributed by atoms with Crippen molar-refractivity contribution in [2.75, 3.05) is 5.32 Å². The topological polar surface area (TPSA) is 114 Å². The molecule has 8 heteroatoms. The molecule has 2 amide bonds. The molecule has 0 spiro atoms. The highest BCUT2D eigenvalue weighted by molar-refractivity contribution is 5.93. The average molecular weight is 368 g/mol. The van der Waals surface area contributed by atoms with E-state index in [1.54, 1.807) is 6.07 Å². The number of hydrazone groups is 1. The van der Waals surface area contributed by atoms with Gasteiger partial charge in [0.15, 0.2) is 0 Å². The predicted octanol–water partition coefficient (Wildman–Crippen LogP) is 3.08. The van der Waals surface area contributed by atoms with Crippen molar-refractivity contribution in [3.63, 3.8) is 0 Å². The van der Waals surface area contributed by atoms with Crippen LogP contribution >= 0.6 is 0 Å². The van der Waals surface area contributed by atoms with Crippen molar-refractivity contribution in [3.05, 3.63) is 69.3 Å². The lowest BCUT2D eigenvalue weighted by molar-refractivity contribution is -0.384. The Bertz CT molecular complexity index is 893. The van der Waals surface area contributed by atoms with Gasteiger partial charge in [0.2, 0.25) is 11.8 Å². The molecule has 0 fully saturated rings. The molecule has 2 aromatic carbocycles. The molecule has 0 bridgehead atoms. The number of hydrogen-bond acceptors (Lipinski definition) is 5. The number of nitrogens with zero attached hydrogens (tertiary/aromatic N) is 2. The highest BCUT2D eigenvalue weighted by Crippen LogP contribution is 2.14. The lowest BCUT2D eigenvalue weighted by atomic mass is 10.1. The fourth-order valence-electron chi connectivity index (χ4n) is 2.22. The summed E-state index contributed by atoms with van der Waals surface area (Å²) in [6.07, 6.45) is 1.30. The number of aryl methyl sites for hydroxylation is 2. The number of hydrogen-bond donors (Lipinski definition) is 2. The molecular formula is C19H20N4O4. The van der Waals surface area contributed by atoms with Crippen LogP contribution < -0.4 is 10.7 Å². The Balaban J connectivity index is 1.78. The molecule has 0 aliphatic heterocycles. The van der Waals surface area contributed by atoms with E-state index < -0.39 is 10.8 Å². The van der Waals surface area contributed by atoms with E-state index >= 15 is 0 Å². The van der Waals surface area contributed by atoms with Crippen molar-refractivity contribution in [1.82, 2.24) is 5.43 Å². The third kappa shape index (κ3) is 6.35. The molecule has 2 N–H and O–H groups in total. The first-order valence-electron chi connectivity index (χ1n) is 8.28. The molecule has 0 aliphatic carbocycles. The second-order valence-corrected chi connectivity index (χ2v) is 5.99. The quantitative estimate of drug-likeness (QED) is 0.444. The number of anilines is 1. The van der Waals surface area contributed by atoms with Gasteiger partial charge in [-0.1, -0.05) is 18.2 Å². The Labute approximate surface area is 156 Å². The van der Waals surface area contributed by atoms with Crippen LogP contribution in [0.2, 0.25) is 0 Å². The molecule has 0 aliphatic rings. The molecule has 0 radical (unpaired) electrons. The van der Waals surface area contributed by atoms with E-state index in [0.717, 1.165) is 11.1 Å². The van der Waals surface area contributed by atoms with Gasteiger partial charge >= 0.3 is 0 Å². The van der Waals surface area contributed by atoms with Crippen molar-refractivity contribution < 1.29 is 14.5 Å². The van der Waals surface area contributed by atoms with Gasteiger partial charge < -0.3 is 5.32 Å². The first-order valence-corrected chi connectivity index (χ1v) is 8.28. The summed E-state index contributed by atoms with van der Waals surface area (Å²) >= 11 is 0. The second-order valence-electron chi connectivity index (χ2n) is 5.99. The van der Waals surface area contributed by atoms with Crippen LogP contribution in [0.3, 0.4) is 0 Å². The number of non-ortho nitro benzene ring substituents is 1. The summed E-state index contributed by atoms with van der Waals surface area (Å²) in [5.74, 6) is -0.692. The first-order chi connectivity index (χ1) is 12.8. The smallest absolute Gasteiger partial charge is 0.270 e. The van der Waals surface area contributed by atoms with Crippen molar-refractivity contribution in [2.45, 2.75) is 26.7 Å². The number of amides is 2. The summed E-state index contributed by atoms with van der Waals surface area (Å²) in [7, 11) is 0. The number of carbonyl (C=O) groups excluding carboxylic acids is 2. The maximum Gasteiger partial charge on any atom is 0.270 e. The van der Waals surface area contributed by atoms with E-state index in [0.29, 0.717) is 11.3 Å². The number of nitro benzene ring substituents is 1. The van der Waals surface area contributed by atoms with E-state index in [9.17, 15) is 19.7 Å². The summed E-state index contributed by atoms with van der Waals surface area (Å²) in [6.45, 7) is 3.94. The Kier molecular flexibility index (Phi) is 6.76. The zero-order valence-electron chi connectivity index (χ0n) is 15.1.